The topological polar surface area (TPSA) is 109 Å². The van der Waals surface area contributed by atoms with Gasteiger partial charge in [0.15, 0.2) is 0 Å². The van der Waals surface area contributed by atoms with E-state index in [0.717, 1.165) is 18.4 Å². The van der Waals surface area contributed by atoms with Crippen molar-refractivity contribution in [3.8, 4) is 12.1 Å². The van der Waals surface area contributed by atoms with Crippen LogP contribution in [-0.2, 0) is 16.4 Å². The van der Waals surface area contributed by atoms with Crippen molar-refractivity contribution in [3.05, 3.63) is 23.8 Å². The Morgan fingerprint density at radius 1 is 1.38 bits per heavy atom. The zero-order chi connectivity index (χ0) is 15.5. The van der Waals surface area contributed by atoms with Gasteiger partial charge in [0.2, 0.25) is 15.7 Å². The van der Waals surface area contributed by atoms with Crippen LogP contribution in [0.3, 0.4) is 0 Å². The van der Waals surface area contributed by atoms with E-state index in [1.807, 2.05) is 6.07 Å². The van der Waals surface area contributed by atoms with E-state index < -0.39 is 10.0 Å². The SMILES string of the molecule is CS(=O)(=O)N1CCCc2ccc(NN=C(C#N)C#N)cc21. The normalized spacial score (nSPS) is 13.6. The van der Waals surface area contributed by atoms with Gasteiger partial charge in [-0.2, -0.15) is 15.6 Å². The molecule has 1 heterocycles. The molecule has 21 heavy (non-hydrogen) atoms. The van der Waals surface area contributed by atoms with Crippen LogP contribution >= 0.6 is 0 Å². The van der Waals surface area contributed by atoms with Crippen LogP contribution in [0.25, 0.3) is 0 Å². The summed E-state index contributed by atoms with van der Waals surface area (Å²) in [5, 5.41) is 20.9. The molecule has 1 aliphatic rings. The molecule has 0 atom stereocenters. The second kappa shape index (κ2) is 5.81. The third-order valence-corrected chi connectivity index (χ3v) is 4.25. The third kappa shape index (κ3) is 3.30. The van der Waals surface area contributed by atoms with Crippen LogP contribution in [-0.4, -0.2) is 26.9 Å². The number of anilines is 2. The molecule has 1 aromatic carbocycles. The van der Waals surface area contributed by atoms with Gasteiger partial charge < -0.3 is 0 Å². The van der Waals surface area contributed by atoms with Crippen LogP contribution < -0.4 is 9.73 Å². The predicted octanol–water partition coefficient (Wildman–Crippen LogP) is 1.21. The Labute approximate surface area is 123 Å². The molecule has 1 aromatic rings. The Balaban J connectivity index is 2.36. The fourth-order valence-electron chi connectivity index (χ4n) is 2.15. The zero-order valence-corrected chi connectivity index (χ0v) is 12.2. The van der Waals surface area contributed by atoms with Gasteiger partial charge in [-0.3, -0.25) is 9.73 Å². The van der Waals surface area contributed by atoms with Gasteiger partial charge in [0.05, 0.1) is 17.6 Å². The van der Waals surface area contributed by atoms with Crippen molar-refractivity contribution in [2.24, 2.45) is 5.10 Å². The number of hydrogen-bond donors (Lipinski definition) is 1. The standard InChI is InChI=1S/C13H13N5O2S/c1-21(19,20)18-6-2-3-10-4-5-11(7-13(10)18)16-17-12(8-14)9-15/h4-5,7,16H,2-3,6H2,1H3. The number of nitriles is 2. The fourth-order valence-corrected chi connectivity index (χ4v) is 3.14. The summed E-state index contributed by atoms with van der Waals surface area (Å²) in [4.78, 5) is 0. The molecule has 1 N–H and O–H groups in total. The van der Waals surface area contributed by atoms with Gasteiger partial charge in [-0.15, -0.1) is 0 Å². The molecule has 0 fully saturated rings. The predicted molar refractivity (Wildman–Crippen MR) is 79.2 cm³/mol. The first-order valence-electron chi connectivity index (χ1n) is 6.20. The maximum atomic E-state index is 11.8. The highest BCUT2D eigenvalue weighted by Crippen LogP contribution is 2.31. The van der Waals surface area contributed by atoms with E-state index >= 15 is 0 Å². The molecule has 0 aliphatic carbocycles. The van der Waals surface area contributed by atoms with Gasteiger partial charge in [-0.05, 0) is 30.5 Å². The number of hydrazone groups is 1. The van der Waals surface area contributed by atoms with Crippen molar-refractivity contribution in [3.63, 3.8) is 0 Å². The maximum Gasteiger partial charge on any atom is 0.237 e. The monoisotopic (exact) mass is 303 g/mol. The van der Waals surface area contributed by atoms with Gasteiger partial charge in [-0.1, -0.05) is 6.07 Å². The van der Waals surface area contributed by atoms with Gasteiger partial charge in [0.1, 0.15) is 12.1 Å². The molecule has 0 spiro atoms. The molecule has 108 valence electrons. The first-order valence-corrected chi connectivity index (χ1v) is 8.05. The number of nitrogens with zero attached hydrogens (tertiary/aromatic N) is 4. The smallest absolute Gasteiger partial charge is 0.237 e. The number of nitrogens with one attached hydrogen (secondary N) is 1. The van der Waals surface area contributed by atoms with E-state index in [-0.39, 0.29) is 5.71 Å². The second-order valence-electron chi connectivity index (χ2n) is 4.58. The summed E-state index contributed by atoms with van der Waals surface area (Å²) in [6.45, 7) is 0.445. The van der Waals surface area contributed by atoms with E-state index in [0.29, 0.717) is 17.9 Å². The summed E-state index contributed by atoms with van der Waals surface area (Å²) < 4.78 is 25.0. The van der Waals surface area contributed by atoms with Crippen LogP contribution in [0.5, 0.6) is 0 Å². The second-order valence-corrected chi connectivity index (χ2v) is 6.48. The Hall–Kier alpha value is -2.58. The molecule has 0 aromatic heterocycles. The highest BCUT2D eigenvalue weighted by Gasteiger charge is 2.24. The molecule has 0 radical (unpaired) electrons. The van der Waals surface area contributed by atoms with Crippen LogP contribution in [0.15, 0.2) is 23.3 Å². The number of fused-ring (bicyclic) bond motifs is 1. The first-order chi connectivity index (χ1) is 9.95. The van der Waals surface area contributed by atoms with E-state index in [1.54, 1.807) is 24.3 Å². The van der Waals surface area contributed by atoms with Gasteiger partial charge in [0, 0.05) is 6.54 Å². The van der Waals surface area contributed by atoms with E-state index in [9.17, 15) is 8.42 Å². The number of benzene rings is 1. The van der Waals surface area contributed by atoms with Crippen LogP contribution in [0, 0.1) is 22.7 Å². The number of aryl methyl sites for hydroxylation is 1. The van der Waals surface area contributed by atoms with Crippen molar-refractivity contribution < 1.29 is 8.42 Å². The van der Waals surface area contributed by atoms with Crippen molar-refractivity contribution in [1.29, 1.82) is 10.5 Å². The number of hydrogen-bond acceptors (Lipinski definition) is 6. The summed E-state index contributed by atoms with van der Waals surface area (Å²) in [7, 11) is -3.33. The minimum Gasteiger partial charge on any atom is -0.276 e. The molecular weight excluding hydrogens is 290 g/mol. The van der Waals surface area contributed by atoms with Gasteiger partial charge in [0.25, 0.3) is 0 Å². The Morgan fingerprint density at radius 3 is 2.71 bits per heavy atom. The average Bonchev–Trinajstić information content (AvgIpc) is 2.46. The largest absolute Gasteiger partial charge is 0.276 e. The van der Waals surface area contributed by atoms with Crippen molar-refractivity contribution in [2.75, 3.05) is 22.5 Å². The molecule has 8 heteroatoms. The summed E-state index contributed by atoms with van der Waals surface area (Å²) in [6, 6.07) is 8.49. The van der Waals surface area contributed by atoms with Crippen molar-refractivity contribution >= 4 is 27.1 Å². The maximum absolute atomic E-state index is 11.8. The van der Waals surface area contributed by atoms with E-state index in [1.165, 1.54) is 10.6 Å². The molecule has 0 unspecified atom stereocenters. The van der Waals surface area contributed by atoms with Crippen LogP contribution in [0.1, 0.15) is 12.0 Å². The van der Waals surface area contributed by atoms with Crippen LogP contribution in [0.4, 0.5) is 11.4 Å². The van der Waals surface area contributed by atoms with Crippen molar-refractivity contribution in [1.82, 2.24) is 0 Å². The average molecular weight is 303 g/mol. The highest BCUT2D eigenvalue weighted by atomic mass is 32.2. The summed E-state index contributed by atoms with van der Waals surface area (Å²) in [5.74, 6) is 0. The minimum atomic E-state index is -3.33. The molecule has 0 amide bonds. The molecule has 0 saturated carbocycles. The quantitative estimate of drug-likeness (QED) is 0.666. The Morgan fingerprint density at radius 2 is 2.10 bits per heavy atom. The fraction of sp³-hybridized carbons (Fsp3) is 0.308. The summed E-state index contributed by atoms with van der Waals surface area (Å²) in [5.41, 5.74) is 4.37. The molecule has 1 aliphatic heterocycles. The molecule has 0 bridgehead atoms. The lowest BCUT2D eigenvalue weighted by Gasteiger charge is -2.29. The van der Waals surface area contributed by atoms with E-state index in [4.69, 9.17) is 10.5 Å². The first kappa shape index (κ1) is 14.8. The summed E-state index contributed by atoms with van der Waals surface area (Å²) >= 11 is 0. The highest BCUT2D eigenvalue weighted by molar-refractivity contribution is 7.92. The Kier molecular flexibility index (Phi) is 4.10. The number of sulfonamides is 1. The lowest BCUT2D eigenvalue weighted by atomic mass is 10.0. The van der Waals surface area contributed by atoms with Crippen LogP contribution in [0.2, 0.25) is 0 Å². The number of rotatable bonds is 3. The third-order valence-electron chi connectivity index (χ3n) is 3.07. The van der Waals surface area contributed by atoms with Crippen molar-refractivity contribution in [2.45, 2.75) is 12.8 Å². The lowest BCUT2D eigenvalue weighted by Crippen LogP contribution is -2.34. The van der Waals surface area contributed by atoms with E-state index in [2.05, 4.69) is 10.5 Å². The Bertz CT molecular complexity index is 755. The molecule has 2 rings (SSSR count). The minimum absolute atomic E-state index is 0.298. The van der Waals surface area contributed by atoms with Gasteiger partial charge >= 0.3 is 0 Å². The van der Waals surface area contributed by atoms with Gasteiger partial charge in [-0.25, -0.2) is 8.42 Å². The lowest BCUT2D eigenvalue weighted by molar-refractivity contribution is 0.592. The summed E-state index contributed by atoms with van der Waals surface area (Å²) in [6.07, 6.45) is 2.76. The molecule has 7 nitrogen and oxygen atoms in total. The zero-order valence-electron chi connectivity index (χ0n) is 11.4. The molecular formula is C13H13N5O2S. The molecule has 0 saturated heterocycles.